The molecule has 5 saturated carbocycles. The number of Topliss-reactive ketones (excluding diaryl/α,β-unsaturated/α-hetero) is 1. The number of rotatable bonds is 15. The fraction of sp³-hybridized carbons (Fsp3) is 0.649. The molecular weight excluding hydrogens is 703 g/mol. The predicted octanol–water partition coefficient (Wildman–Crippen LogP) is 3.77. The van der Waals surface area contributed by atoms with E-state index in [0.29, 0.717) is 36.4 Å². The number of hydrogen-bond acceptors (Lipinski definition) is 11. The highest BCUT2D eigenvalue weighted by molar-refractivity contribution is 7.91. The Kier molecular flexibility index (Phi) is 10.6. The lowest BCUT2D eigenvalue weighted by molar-refractivity contribution is -0.136. The molecular formula is C37H49N7O8S. The summed E-state index contributed by atoms with van der Waals surface area (Å²) in [4.78, 5) is 57.4. The van der Waals surface area contributed by atoms with Crippen LogP contribution in [0.3, 0.4) is 0 Å². The number of ketones is 1. The van der Waals surface area contributed by atoms with Gasteiger partial charge in [-0.1, -0.05) is 25.3 Å². The first kappa shape index (κ1) is 37.0. The number of hydrogen-bond donors (Lipinski definition) is 3. The van der Waals surface area contributed by atoms with E-state index in [9.17, 15) is 27.6 Å². The third-order valence-corrected chi connectivity index (χ3v) is 13.7. The lowest BCUT2D eigenvalue weighted by Crippen LogP contribution is -2.55. The van der Waals surface area contributed by atoms with E-state index < -0.39 is 62.6 Å². The highest BCUT2D eigenvalue weighted by atomic mass is 32.2. The van der Waals surface area contributed by atoms with Crippen LogP contribution in [0.5, 0.6) is 5.75 Å². The highest BCUT2D eigenvalue weighted by Crippen LogP contribution is 2.49. The van der Waals surface area contributed by atoms with Crippen LogP contribution in [0.4, 0.5) is 4.79 Å². The average molecular weight is 752 g/mol. The number of aromatic nitrogens is 4. The smallest absolute Gasteiger partial charge is 0.408 e. The molecule has 0 bridgehead atoms. The molecule has 0 spiro atoms. The lowest BCUT2D eigenvalue weighted by Gasteiger charge is -2.33. The number of nitrogens with zero attached hydrogens (tertiary/aromatic N) is 4. The zero-order chi connectivity index (χ0) is 37.3. The van der Waals surface area contributed by atoms with Crippen LogP contribution in [0.25, 0.3) is 11.4 Å². The Morgan fingerprint density at radius 1 is 1.00 bits per heavy atom. The van der Waals surface area contributed by atoms with Crippen molar-refractivity contribution in [1.29, 1.82) is 0 Å². The third kappa shape index (κ3) is 7.97. The van der Waals surface area contributed by atoms with E-state index in [1.165, 1.54) is 4.80 Å². The van der Waals surface area contributed by atoms with Gasteiger partial charge in [-0.2, -0.15) is 4.80 Å². The Balaban J connectivity index is 1.16. The van der Waals surface area contributed by atoms with Gasteiger partial charge >= 0.3 is 6.09 Å². The topological polar surface area (TPSA) is 201 Å². The van der Waals surface area contributed by atoms with Crippen molar-refractivity contribution in [2.24, 2.45) is 23.7 Å². The summed E-state index contributed by atoms with van der Waals surface area (Å²) in [5.41, 5.74) is -0.751. The van der Waals surface area contributed by atoms with Crippen LogP contribution in [-0.4, -0.2) is 82.4 Å². The van der Waals surface area contributed by atoms with Crippen LogP contribution < -0.4 is 20.1 Å². The lowest BCUT2D eigenvalue weighted by atomic mass is 9.77. The first-order valence-corrected chi connectivity index (χ1v) is 20.5. The van der Waals surface area contributed by atoms with E-state index in [4.69, 9.17) is 9.47 Å². The maximum absolute atomic E-state index is 14.8. The van der Waals surface area contributed by atoms with Gasteiger partial charge < -0.3 is 20.1 Å². The number of alkyl carbamates (subject to hydrolysis) is 1. The Hall–Kier alpha value is -4.34. The molecule has 5 fully saturated rings. The minimum Gasteiger partial charge on any atom is -0.497 e. The van der Waals surface area contributed by atoms with Crippen LogP contribution in [0, 0.1) is 23.7 Å². The fourth-order valence-corrected chi connectivity index (χ4v) is 9.62. The van der Waals surface area contributed by atoms with Gasteiger partial charge in [0.05, 0.1) is 24.4 Å². The molecule has 1 aromatic carbocycles. The minimum absolute atomic E-state index is 0.121. The normalized spacial score (nSPS) is 27.9. The van der Waals surface area contributed by atoms with Crippen molar-refractivity contribution in [2.45, 2.75) is 119 Å². The fourth-order valence-electron chi connectivity index (χ4n) is 8.26. The molecule has 53 heavy (non-hydrogen) atoms. The van der Waals surface area contributed by atoms with Gasteiger partial charge in [-0.3, -0.25) is 19.1 Å². The molecule has 16 heteroatoms. The summed E-state index contributed by atoms with van der Waals surface area (Å²) >= 11 is 0. The zero-order valence-corrected chi connectivity index (χ0v) is 30.9. The maximum atomic E-state index is 14.8. The Bertz CT molecular complexity index is 1820. The van der Waals surface area contributed by atoms with Crippen molar-refractivity contribution in [3.05, 3.63) is 36.9 Å². The molecule has 0 radical (unpaired) electrons. The van der Waals surface area contributed by atoms with Gasteiger partial charge in [0.15, 0.2) is 5.78 Å². The molecule has 1 aromatic heterocycles. The maximum Gasteiger partial charge on any atom is 0.408 e. The third-order valence-electron chi connectivity index (χ3n) is 11.9. The van der Waals surface area contributed by atoms with Crippen molar-refractivity contribution < 1.29 is 37.1 Å². The number of carbonyl (C=O) groups excluding carboxylic acids is 4. The molecule has 0 saturated heterocycles. The number of nitrogens with one attached hydrogen (secondary N) is 3. The van der Waals surface area contributed by atoms with Crippen LogP contribution in [-0.2, 0) is 29.1 Å². The van der Waals surface area contributed by atoms with Crippen molar-refractivity contribution in [3.8, 4) is 17.1 Å². The zero-order valence-electron chi connectivity index (χ0n) is 30.1. The number of carbonyl (C=O) groups is 4. The quantitative estimate of drug-likeness (QED) is 0.224. The van der Waals surface area contributed by atoms with E-state index in [0.717, 1.165) is 51.4 Å². The van der Waals surface area contributed by atoms with Crippen LogP contribution in [0.15, 0.2) is 36.9 Å². The van der Waals surface area contributed by atoms with Crippen molar-refractivity contribution in [3.63, 3.8) is 0 Å². The van der Waals surface area contributed by atoms with Gasteiger partial charge in [0.2, 0.25) is 21.8 Å². The summed E-state index contributed by atoms with van der Waals surface area (Å²) in [5.74, 6) is -2.80. The first-order chi connectivity index (χ1) is 25.5. The molecule has 286 valence electrons. The number of tetrazole rings is 1. The summed E-state index contributed by atoms with van der Waals surface area (Å²) in [6, 6.07) is 5.82. The summed E-state index contributed by atoms with van der Waals surface area (Å²) in [7, 11) is -2.30. The van der Waals surface area contributed by atoms with Crippen molar-refractivity contribution in [2.75, 3.05) is 7.11 Å². The summed E-state index contributed by atoms with van der Waals surface area (Å²) in [6.45, 7) is 3.78. The van der Waals surface area contributed by atoms with Crippen LogP contribution >= 0.6 is 0 Å². The first-order valence-electron chi connectivity index (χ1n) is 18.9. The molecule has 3 N–H and O–H groups in total. The molecule has 2 aromatic rings. The standard InChI is InChI=1S/C37H49N7O8S/c1-3-8-24-21-37(24,35(47)42-53(49,50)28-17-18-28)39-34(46)30-20-25(44-41-33(40-43-44)23-13-15-26(51-2)16-14-23)19-29(30)32(45)31(22-9-5-4-6-10-22)38-36(48)52-27-11-7-12-27/h3,13-16,22,24-25,27-31H,1,4-12,17-21H2,2H3,(H,38,48)(H,39,46)(H,42,47)/t24-,25+,29?,30-,31?,37?/m1/s1. The number of ether oxygens (including phenoxy) is 2. The number of sulfonamides is 1. The van der Waals surface area contributed by atoms with E-state index in [2.05, 4.69) is 37.3 Å². The Morgan fingerprint density at radius 2 is 1.72 bits per heavy atom. The molecule has 7 rings (SSSR count). The van der Waals surface area contributed by atoms with Gasteiger partial charge in [0, 0.05) is 17.4 Å². The minimum atomic E-state index is -3.87. The summed E-state index contributed by atoms with van der Waals surface area (Å²) in [6.07, 6.45) is 9.74. The van der Waals surface area contributed by atoms with Gasteiger partial charge in [0.25, 0.3) is 5.91 Å². The Morgan fingerprint density at radius 3 is 2.36 bits per heavy atom. The molecule has 5 aliphatic carbocycles. The Labute approximate surface area is 309 Å². The van der Waals surface area contributed by atoms with E-state index in [1.54, 1.807) is 25.3 Å². The number of amides is 3. The van der Waals surface area contributed by atoms with E-state index in [-0.39, 0.29) is 43.0 Å². The molecule has 3 unspecified atom stereocenters. The summed E-state index contributed by atoms with van der Waals surface area (Å²) < 4.78 is 38.7. The van der Waals surface area contributed by atoms with Gasteiger partial charge in [-0.15, -0.1) is 16.8 Å². The highest BCUT2D eigenvalue weighted by Gasteiger charge is 2.62. The van der Waals surface area contributed by atoms with Gasteiger partial charge in [0.1, 0.15) is 17.4 Å². The SMILES string of the molecule is C=CC[C@@H]1CC1(NC(=O)[C@@H]1C[C@@H](n2nnc(-c3ccc(OC)cc3)n2)CC1C(=O)C(NC(=O)OC1CCC1)C1CCCCC1)C(=O)NS(=O)(=O)C1CC1. The molecule has 0 aliphatic heterocycles. The summed E-state index contributed by atoms with van der Waals surface area (Å²) in [5, 5.41) is 18.4. The molecule has 6 atom stereocenters. The molecule has 1 heterocycles. The second kappa shape index (κ2) is 15.2. The second-order valence-corrected chi connectivity index (χ2v) is 17.4. The van der Waals surface area contributed by atoms with Gasteiger partial charge in [-0.05, 0) is 112 Å². The van der Waals surface area contributed by atoms with Crippen molar-refractivity contribution >= 4 is 33.7 Å². The van der Waals surface area contributed by atoms with Crippen molar-refractivity contribution in [1.82, 2.24) is 35.6 Å². The molecule has 3 amide bonds. The van der Waals surface area contributed by atoms with E-state index >= 15 is 0 Å². The predicted molar refractivity (Wildman–Crippen MR) is 192 cm³/mol. The second-order valence-electron chi connectivity index (χ2n) is 15.4. The molecule has 5 aliphatic rings. The number of allylic oxidation sites excluding steroid dienone is 1. The number of benzene rings is 1. The van der Waals surface area contributed by atoms with Crippen LogP contribution in [0.1, 0.15) is 95.9 Å². The van der Waals surface area contributed by atoms with Gasteiger partial charge in [-0.25, -0.2) is 13.2 Å². The number of methoxy groups -OCH3 is 1. The monoisotopic (exact) mass is 751 g/mol. The average Bonchev–Trinajstić information content (AvgIpc) is 4.01. The molecule has 15 nitrogen and oxygen atoms in total. The van der Waals surface area contributed by atoms with Crippen LogP contribution in [0.2, 0.25) is 0 Å². The van der Waals surface area contributed by atoms with E-state index in [1.807, 2.05) is 12.1 Å². The largest absolute Gasteiger partial charge is 0.497 e.